The summed E-state index contributed by atoms with van der Waals surface area (Å²) in [6.45, 7) is 2.39. The summed E-state index contributed by atoms with van der Waals surface area (Å²) in [5.74, 6) is 1.12. The van der Waals surface area contributed by atoms with E-state index < -0.39 is 10.8 Å². The third kappa shape index (κ3) is 5.18. The maximum atomic E-state index is 11.9. The highest BCUT2D eigenvalue weighted by molar-refractivity contribution is 7.99. The highest BCUT2D eigenvalue weighted by Gasteiger charge is 2.19. The van der Waals surface area contributed by atoms with E-state index in [-0.39, 0.29) is 17.9 Å². The molecular formula is C13H18N2O4S. The van der Waals surface area contributed by atoms with Gasteiger partial charge in [-0.2, -0.15) is 11.8 Å². The number of nitrogens with zero attached hydrogens (tertiary/aromatic N) is 1. The van der Waals surface area contributed by atoms with Crippen LogP contribution in [0.3, 0.4) is 0 Å². The third-order valence-electron chi connectivity index (χ3n) is 2.57. The highest BCUT2D eigenvalue weighted by Crippen LogP contribution is 2.19. The zero-order chi connectivity index (χ0) is 15.0. The van der Waals surface area contributed by atoms with Crippen LogP contribution in [0.5, 0.6) is 0 Å². The van der Waals surface area contributed by atoms with Crippen LogP contribution in [0.15, 0.2) is 18.2 Å². The maximum absolute atomic E-state index is 11.9. The lowest BCUT2D eigenvalue weighted by Gasteiger charge is -2.06. The number of benzene rings is 1. The second-order valence-electron chi connectivity index (χ2n) is 4.22. The molecule has 0 saturated heterocycles. The van der Waals surface area contributed by atoms with Gasteiger partial charge in [0.2, 0.25) is 0 Å². The molecule has 6 nitrogen and oxygen atoms in total. The molecular weight excluding hydrogens is 280 g/mol. The second-order valence-corrected chi connectivity index (χ2v) is 5.45. The standard InChI is InChI=1S/C13H18N2O4S/c1-10-3-4-12(15(18)19)11(9-10)13(17)14-5-8-20-7-2-6-16/h3-4,9,16H,2,5-8H2,1H3,(H,14,17). The minimum absolute atomic E-state index is 0.0929. The Morgan fingerprint density at radius 2 is 2.20 bits per heavy atom. The van der Waals surface area contributed by atoms with Crippen LogP contribution >= 0.6 is 11.8 Å². The van der Waals surface area contributed by atoms with Gasteiger partial charge in [-0.25, -0.2) is 0 Å². The third-order valence-corrected chi connectivity index (χ3v) is 3.64. The molecule has 0 aliphatic carbocycles. The predicted octanol–water partition coefficient (Wildman–Crippen LogP) is 1.75. The average Bonchev–Trinajstić information content (AvgIpc) is 2.42. The van der Waals surface area contributed by atoms with E-state index in [2.05, 4.69) is 5.32 Å². The van der Waals surface area contributed by atoms with Crippen LogP contribution in [0.1, 0.15) is 22.3 Å². The molecule has 0 unspecified atom stereocenters. The first kappa shape index (κ1) is 16.5. The molecule has 0 heterocycles. The first-order chi connectivity index (χ1) is 9.56. The largest absolute Gasteiger partial charge is 0.396 e. The molecule has 2 N–H and O–H groups in total. The molecule has 0 radical (unpaired) electrons. The Morgan fingerprint density at radius 3 is 2.85 bits per heavy atom. The normalized spacial score (nSPS) is 10.3. The lowest BCUT2D eigenvalue weighted by atomic mass is 10.1. The molecule has 110 valence electrons. The zero-order valence-corrected chi connectivity index (χ0v) is 12.1. The quantitative estimate of drug-likeness (QED) is 0.433. The average molecular weight is 298 g/mol. The number of nitrogens with one attached hydrogen (secondary N) is 1. The first-order valence-electron chi connectivity index (χ1n) is 6.28. The molecule has 0 saturated carbocycles. The van der Waals surface area contributed by atoms with Gasteiger partial charge in [0.15, 0.2) is 0 Å². The van der Waals surface area contributed by atoms with E-state index in [0.717, 1.165) is 17.7 Å². The van der Waals surface area contributed by atoms with Crippen LogP contribution in [0.25, 0.3) is 0 Å². The van der Waals surface area contributed by atoms with E-state index in [1.165, 1.54) is 12.1 Å². The summed E-state index contributed by atoms with van der Waals surface area (Å²) in [5.41, 5.74) is 0.717. The molecule has 0 bridgehead atoms. The zero-order valence-electron chi connectivity index (χ0n) is 11.3. The van der Waals surface area contributed by atoms with Crippen molar-refractivity contribution in [1.29, 1.82) is 0 Å². The van der Waals surface area contributed by atoms with Crippen LogP contribution in [-0.2, 0) is 0 Å². The van der Waals surface area contributed by atoms with E-state index in [1.54, 1.807) is 24.8 Å². The molecule has 0 spiro atoms. The van der Waals surface area contributed by atoms with E-state index >= 15 is 0 Å². The smallest absolute Gasteiger partial charge is 0.282 e. The molecule has 0 atom stereocenters. The lowest BCUT2D eigenvalue weighted by molar-refractivity contribution is -0.385. The summed E-state index contributed by atoms with van der Waals surface area (Å²) >= 11 is 1.62. The fraction of sp³-hybridized carbons (Fsp3) is 0.462. The molecule has 7 heteroatoms. The van der Waals surface area contributed by atoms with E-state index in [4.69, 9.17) is 5.11 Å². The van der Waals surface area contributed by atoms with Gasteiger partial charge in [0.1, 0.15) is 5.56 Å². The van der Waals surface area contributed by atoms with Crippen LogP contribution in [-0.4, -0.2) is 40.6 Å². The number of nitro groups is 1. The van der Waals surface area contributed by atoms with Crippen molar-refractivity contribution in [2.45, 2.75) is 13.3 Å². The summed E-state index contributed by atoms with van der Waals surface area (Å²) in [4.78, 5) is 22.3. The van der Waals surface area contributed by atoms with Crippen molar-refractivity contribution in [3.05, 3.63) is 39.4 Å². The first-order valence-corrected chi connectivity index (χ1v) is 7.43. The van der Waals surface area contributed by atoms with Crippen molar-refractivity contribution in [3.8, 4) is 0 Å². The van der Waals surface area contributed by atoms with Gasteiger partial charge < -0.3 is 10.4 Å². The fourth-order valence-electron chi connectivity index (χ4n) is 1.59. The number of thioether (sulfide) groups is 1. The van der Waals surface area contributed by atoms with Gasteiger partial charge in [-0.3, -0.25) is 14.9 Å². The van der Waals surface area contributed by atoms with E-state index in [0.29, 0.717) is 12.3 Å². The van der Waals surface area contributed by atoms with Crippen LogP contribution in [0.2, 0.25) is 0 Å². The van der Waals surface area contributed by atoms with Gasteiger partial charge in [0, 0.05) is 25.0 Å². The van der Waals surface area contributed by atoms with Crippen molar-refractivity contribution in [3.63, 3.8) is 0 Å². The number of aliphatic hydroxyl groups excluding tert-OH is 1. The molecule has 0 aliphatic rings. The minimum atomic E-state index is -0.551. The van der Waals surface area contributed by atoms with Crippen molar-refractivity contribution >= 4 is 23.4 Å². The Hall–Kier alpha value is -1.60. The van der Waals surface area contributed by atoms with E-state index in [9.17, 15) is 14.9 Å². The Balaban J connectivity index is 2.54. The van der Waals surface area contributed by atoms with Crippen molar-refractivity contribution in [2.24, 2.45) is 0 Å². The van der Waals surface area contributed by atoms with Crippen LogP contribution < -0.4 is 5.32 Å². The van der Waals surface area contributed by atoms with Gasteiger partial charge in [-0.1, -0.05) is 6.07 Å². The molecule has 0 fully saturated rings. The summed E-state index contributed by atoms with van der Waals surface area (Å²) in [6, 6.07) is 4.48. The number of nitro benzene ring substituents is 1. The number of rotatable bonds is 8. The Labute approximate surface area is 121 Å². The molecule has 0 aliphatic heterocycles. The molecule has 1 rings (SSSR count). The Bertz CT molecular complexity index is 479. The number of aryl methyl sites for hydroxylation is 1. The highest BCUT2D eigenvalue weighted by atomic mass is 32.2. The van der Waals surface area contributed by atoms with Gasteiger partial charge in [0.25, 0.3) is 11.6 Å². The van der Waals surface area contributed by atoms with Gasteiger partial charge in [0.05, 0.1) is 4.92 Å². The Morgan fingerprint density at radius 1 is 1.45 bits per heavy atom. The summed E-state index contributed by atoms with van der Waals surface area (Å²) in [7, 11) is 0. The predicted molar refractivity (Wildman–Crippen MR) is 79.2 cm³/mol. The van der Waals surface area contributed by atoms with Gasteiger partial charge in [-0.15, -0.1) is 0 Å². The molecule has 0 aromatic heterocycles. The van der Waals surface area contributed by atoms with Gasteiger partial charge in [-0.05, 0) is 30.7 Å². The molecule has 1 aromatic rings. The lowest BCUT2D eigenvalue weighted by Crippen LogP contribution is -2.26. The van der Waals surface area contributed by atoms with Crippen molar-refractivity contribution < 1.29 is 14.8 Å². The summed E-state index contributed by atoms with van der Waals surface area (Å²) < 4.78 is 0. The summed E-state index contributed by atoms with van der Waals surface area (Å²) in [6.07, 6.45) is 0.724. The van der Waals surface area contributed by atoms with Crippen molar-refractivity contribution in [1.82, 2.24) is 5.32 Å². The minimum Gasteiger partial charge on any atom is -0.396 e. The van der Waals surface area contributed by atoms with Crippen LogP contribution in [0.4, 0.5) is 5.69 Å². The molecule has 1 amide bonds. The number of hydrogen-bond acceptors (Lipinski definition) is 5. The van der Waals surface area contributed by atoms with Crippen LogP contribution in [0, 0.1) is 17.0 Å². The number of hydrogen-bond donors (Lipinski definition) is 2. The van der Waals surface area contributed by atoms with E-state index in [1.807, 2.05) is 0 Å². The number of carbonyl (C=O) groups is 1. The summed E-state index contributed by atoms with van der Waals surface area (Å²) in [5, 5.41) is 22.2. The number of aliphatic hydroxyl groups is 1. The monoisotopic (exact) mass is 298 g/mol. The maximum Gasteiger partial charge on any atom is 0.282 e. The number of carbonyl (C=O) groups excluding carboxylic acids is 1. The molecule has 20 heavy (non-hydrogen) atoms. The van der Waals surface area contributed by atoms with Gasteiger partial charge >= 0.3 is 0 Å². The second kappa shape index (κ2) is 8.55. The fourth-order valence-corrected chi connectivity index (χ4v) is 2.38. The van der Waals surface area contributed by atoms with Crippen molar-refractivity contribution in [2.75, 3.05) is 24.7 Å². The topological polar surface area (TPSA) is 92.5 Å². The number of amides is 1. The Kier molecular flexibility index (Phi) is 7.03. The molecule has 1 aromatic carbocycles. The SMILES string of the molecule is Cc1ccc([N+](=O)[O-])c(C(=O)NCCSCCCO)c1.